The summed E-state index contributed by atoms with van der Waals surface area (Å²) in [4.78, 5) is 28.2. The SMILES string of the molecule is O=C(CN1CCN(C(=O)C2=COCCO2)CC1)Nc1ccccc1Cl. The molecule has 25 heavy (non-hydrogen) atoms. The summed E-state index contributed by atoms with van der Waals surface area (Å²) in [6.45, 7) is 3.43. The number of piperazine rings is 1. The second-order valence-corrected chi connectivity index (χ2v) is 6.20. The van der Waals surface area contributed by atoms with E-state index in [-0.39, 0.29) is 24.1 Å². The molecule has 0 saturated carbocycles. The lowest BCUT2D eigenvalue weighted by molar-refractivity contribution is -0.134. The van der Waals surface area contributed by atoms with Crippen LogP contribution >= 0.6 is 11.6 Å². The van der Waals surface area contributed by atoms with Gasteiger partial charge in [-0.05, 0) is 12.1 Å². The van der Waals surface area contributed by atoms with E-state index in [0.717, 1.165) is 0 Å². The molecule has 3 rings (SSSR count). The predicted octanol–water partition coefficient (Wildman–Crippen LogP) is 1.31. The van der Waals surface area contributed by atoms with Gasteiger partial charge in [0.1, 0.15) is 19.5 Å². The molecule has 2 amide bonds. The van der Waals surface area contributed by atoms with Crippen LogP contribution in [0.2, 0.25) is 5.02 Å². The molecule has 0 spiro atoms. The highest BCUT2D eigenvalue weighted by atomic mass is 35.5. The molecule has 0 aliphatic carbocycles. The van der Waals surface area contributed by atoms with Crippen LogP contribution in [0.4, 0.5) is 5.69 Å². The van der Waals surface area contributed by atoms with Gasteiger partial charge in [0.15, 0.2) is 0 Å². The number of ether oxygens (including phenoxy) is 2. The molecule has 2 heterocycles. The van der Waals surface area contributed by atoms with Gasteiger partial charge in [0.05, 0.1) is 17.3 Å². The maximum Gasteiger partial charge on any atom is 0.292 e. The quantitative estimate of drug-likeness (QED) is 0.871. The molecule has 2 aliphatic rings. The van der Waals surface area contributed by atoms with Gasteiger partial charge in [-0.3, -0.25) is 14.5 Å². The highest BCUT2D eigenvalue weighted by Crippen LogP contribution is 2.20. The van der Waals surface area contributed by atoms with E-state index >= 15 is 0 Å². The molecule has 2 aliphatic heterocycles. The van der Waals surface area contributed by atoms with Crippen molar-refractivity contribution in [3.63, 3.8) is 0 Å². The first-order valence-electron chi connectivity index (χ1n) is 8.14. The second kappa shape index (κ2) is 8.22. The Bertz CT molecular complexity index is 672. The van der Waals surface area contributed by atoms with Crippen LogP contribution in [0.1, 0.15) is 0 Å². The molecule has 1 aromatic carbocycles. The van der Waals surface area contributed by atoms with Crippen molar-refractivity contribution in [2.24, 2.45) is 0 Å². The van der Waals surface area contributed by atoms with Gasteiger partial charge in [-0.25, -0.2) is 0 Å². The van der Waals surface area contributed by atoms with Crippen LogP contribution in [0, 0.1) is 0 Å². The van der Waals surface area contributed by atoms with Crippen LogP contribution < -0.4 is 5.32 Å². The number of anilines is 1. The maximum atomic E-state index is 12.3. The summed E-state index contributed by atoms with van der Waals surface area (Å²) in [6, 6.07) is 7.12. The molecule has 0 unspecified atom stereocenters. The summed E-state index contributed by atoms with van der Waals surface area (Å²) >= 11 is 6.04. The van der Waals surface area contributed by atoms with Crippen molar-refractivity contribution < 1.29 is 19.1 Å². The summed E-state index contributed by atoms with van der Waals surface area (Å²) in [5.41, 5.74) is 0.601. The van der Waals surface area contributed by atoms with Crippen molar-refractivity contribution >= 4 is 29.1 Å². The fourth-order valence-corrected chi connectivity index (χ4v) is 2.88. The third-order valence-corrected chi connectivity index (χ3v) is 4.36. The normalized spacial score (nSPS) is 18.0. The van der Waals surface area contributed by atoms with E-state index in [1.54, 1.807) is 17.0 Å². The van der Waals surface area contributed by atoms with E-state index in [2.05, 4.69) is 5.32 Å². The number of nitrogens with zero attached hydrogens (tertiary/aromatic N) is 2. The molecule has 0 atom stereocenters. The van der Waals surface area contributed by atoms with Gasteiger partial charge in [-0.1, -0.05) is 23.7 Å². The number of amides is 2. The molecule has 0 radical (unpaired) electrons. The smallest absolute Gasteiger partial charge is 0.292 e. The molecule has 134 valence electrons. The zero-order valence-corrected chi connectivity index (χ0v) is 14.5. The summed E-state index contributed by atoms with van der Waals surface area (Å²) < 4.78 is 10.4. The number of halogens is 1. The Morgan fingerprint density at radius 3 is 2.56 bits per heavy atom. The van der Waals surface area contributed by atoms with Crippen LogP contribution in [0.25, 0.3) is 0 Å². The number of nitrogens with one attached hydrogen (secondary N) is 1. The molecule has 1 aromatic rings. The average molecular weight is 366 g/mol. The van der Waals surface area contributed by atoms with Crippen molar-refractivity contribution in [2.45, 2.75) is 0 Å². The van der Waals surface area contributed by atoms with Crippen molar-refractivity contribution in [2.75, 3.05) is 51.3 Å². The summed E-state index contributed by atoms with van der Waals surface area (Å²) in [5.74, 6) is -0.0457. The van der Waals surface area contributed by atoms with E-state index in [9.17, 15) is 9.59 Å². The van der Waals surface area contributed by atoms with Gasteiger partial charge in [0, 0.05) is 26.2 Å². The lowest BCUT2D eigenvalue weighted by Gasteiger charge is -2.34. The Morgan fingerprint density at radius 1 is 1.12 bits per heavy atom. The highest BCUT2D eigenvalue weighted by molar-refractivity contribution is 6.33. The van der Waals surface area contributed by atoms with Crippen molar-refractivity contribution in [3.05, 3.63) is 41.3 Å². The minimum absolute atomic E-state index is 0.125. The minimum Gasteiger partial charge on any atom is -0.494 e. The number of benzene rings is 1. The first kappa shape index (κ1) is 17.6. The van der Waals surface area contributed by atoms with Gasteiger partial charge >= 0.3 is 0 Å². The first-order chi connectivity index (χ1) is 12.1. The third-order valence-electron chi connectivity index (χ3n) is 4.03. The summed E-state index contributed by atoms with van der Waals surface area (Å²) in [6.07, 6.45) is 1.37. The molecular weight excluding hydrogens is 346 g/mol. The van der Waals surface area contributed by atoms with Gasteiger partial charge in [-0.2, -0.15) is 0 Å². The van der Waals surface area contributed by atoms with Crippen LogP contribution in [-0.4, -0.2) is 67.6 Å². The van der Waals surface area contributed by atoms with Crippen molar-refractivity contribution in [3.8, 4) is 0 Å². The Labute approximate surface area is 151 Å². The highest BCUT2D eigenvalue weighted by Gasteiger charge is 2.26. The van der Waals surface area contributed by atoms with Crippen LogP contribution in [0.5, 0.6) is 0 Å². The van der Waals surface area contributed by atoms with Gasteiger partial charge in [0.25, 0.3) is 5.91 Å². The van der Waals surface area contributed by atoms with Gasteiger partial charge < -0.3 is 19.7 Å². The number of hydrogen-bond donors (Lipinski definition) is 1. The van der Waals surface area contributed by atoms with E-state index in [0.29, 0.717) is 50.1 Å². The molecule has 0 bridgehead atoms. The van der Waals surface area contributed by atoms with E-state index < -0.39 is 0 Å². The zero-order valence-electron chi connectivity index (χ0n) is 13.7. The Kier molecular flexibility index (Phi) is 5.78. The van der Waals surface area contributed by atoms with Crippen molar-refractivity contribution in [1.82, 2.24) is 9.80 Å². The zero-order chi connectivity index (χ0) is 17.6. The van der Waals surface area contributed by atoms with Crippen LogP contribution in [-0.2, 0) is 19.1 Å². The number of carbonyl (C=O) groups excluding carboxylic acids is 2. The fraction of sp³-hybridized carbons (Fsp3) is 0.412. The van der Waals surface area contributed by atoms with Gasteiger partial charge in [-0.15, -0.1) is 0 Å². The Morgan fingerprint density at radius 2 is 1.88 bits per heavy atom. The number of carbonyl (C=O) groups is 2. The topological polar surface area (TPSA) is 71.1 Å². The monoisotopic (exact) mass is 365 g/mol. The fourth-order valence-electron chi connectivity index (χ4n) is 2.70. The summed E-state index contributed by atoms with van der Waals surface area (Å²) in [5, 5.41) is 3.31. The summed E-state index contributed by atoms with van der Waals surface area (Å²) in [7, 11) is 0. The van der Waals surface area contributed by atoms with Crippen LogP contribution in [0.15, 0.2) is 36.3 Å². The molecule has 1 fully saturated rings. The Hall–Kier alpha value is -2.25. The van der Waals surface area contributed by atoms with E-state index in [1.807, 2.05) is 17.0 Å². The molecule has 0 aromatic heterocycles. The molecule has 1 saturated heterocycles. The number of para-hydroxylation sites is 1. The lowest BCUT2D eigenvalue weighted by atomic mass is 10.2. The molecule has 1 N–H and O–H groups in total. The average Bonchev–Trinajstić information content (AvgIpc) is 2.64. The first-order valence-corrected chi connectivity index (χ1v) is 8.52. The van der Waals surface area contributed by atoms with E-state index in [4.69, 9.17) is 21.1 Å². The minimum atomic E-state index is -0.167. The lowest BCUT2D eigenvalue weighted by Crippen LogP contribution is -2.51. The molecule has 8 heteroatoms. The molecule has 7 nitrogen and oxygen atoms in total. The van der Waals surface area contributed by atoms with E-state index in [1.165, 1.54) is 6.26 Å². The second-order valence-electron chi connectivity index (χ2n) is 5.80. The number of rotatable bonds is 4. The Balaban J connectivity index is 1.46. The third kappa shape index (κ3) is 4.64. The largest absolute Gasteiger partial charge is 0.494 e. The molecular formula is C17H20ClN3O4. The number of hydrogen-bond acceptors (Lipinski definition) is 5. The van der Waals surface area contributed by atoms with Gasteiger partial charge in [0.2, 0.25) is 11.7 Å². The maximum absolute atomic E-state index is 12.3. The van der Waals surface area contributed by atoms with Crippen LogP contribution in [0.3, 0.4) is 0 Å². The van der Waals surface area contributed by atoms with Crippen molar-refractivity contribution in [1.29, 1.82) is 0 Å². The standard InChI is InChI=1S/C17H20ClN3O4/c18-13-3-1-2-4-14(13)19-16(22)11-20-5-7-21(8-6-20)17(23)15-12-24-9-10-25-15/h1-4,12H,5-11H2,(H,19,22). The predicted molar refractivity (Wildman–Crippen MR) is 93.1 cm³/mol.